The van der Waals surface area contributed by atoms with Crippen LogP contribution in [-0.4, -0.2) is 19.3 Å². The van der Waals surface area contributed by atoms with Gasteiger partial charge in [-0.1, -0.05) is 40.5 Å². The van der Waals surface area contributed by atoms with Crippen LogP contribution in [0.3, 0.4) is 0 Å². The van der Waals surface area contributed by atoms with Gasteiger partial charge in [-0.05, 0) is 53.8 Å². The second-order valence-electron chi connectivity index (χ2n) is 7.15. The van der Waals surface area contributed by atoms with Crippen molar-refractivity contribution >= 4 is 33.1 Å². The zero-order valence-corrected chi connectivity index (χ0v) is 17.4. The minimum Gasteiger partial charge on any atom is -0.324 e. The minimum atomic E-state index is 0.225. The average molecular weight is 453 g/mol. The molecule has 1 atom stereocenters. The summed E-state index contributed by atoms with van der Waals surface area (Å²) in [6.07, 6.45) is 6.38. The molecule has 7 heteroatoms. The Hall–Kier alpha value is -2.62. The van der Waals surface area contributed by atoms with E-state index in [4.69, 9.17) is 11.6 Å². The fourth-order valence-electron chi connectivity index (χ4n) is 4.04. The number of nitrogens with zero attached hydrogens (tertiary/aromatic N) is 5. The smallest absolute Gasteiger partial charge is 0.185 e. The van der Waals surface area contributed by atoms with Crippen LogP contribution < -0.4 is 0 Å². The lowest BCUT2D eigenvalue weighted by molar-refractivity contribution is 0.739. The SMILES string of the molecule is CC1CC(C#N)=CC=C1c1cc2n(c1Cl)Cc1cc(Br)ccc1-n1cnnc1-2. The van der Waals surface area contributed by atoms with Gasteiger partial charge in [0.25, 0.3) is 0 Å². The van der Waals surface area contributed by atoms with E-state index in [2.05, 4.69) is 61.9 Å². The van der Waals surface area contributed by atoms with Crippen LogP contribution in [0.25, 0.3) is 22.8 Å². The van der Waals surface area contributed by atoms with E-state index in [0.717, 1.165) is 50.4 Å². The summed E-state index contributed by atoms with van der Waals surface area (Å²) in [5.74, 6) is 0.995. The Morgan fingerprint density at radius 3 is 2.93 bits per heavy atom. The second kappa shape index (κ2) is 6.47. The minimum absolute atomic E-state index is 0.225. The van der Waals surface area contributed by atoms with E-state index in [0.29, 0.717) is 11.7 Å². The molecule has 0 radical (unpaired) electrons. The van der Waals surface area contributed by atoms with E-state index in [9.17, 15) is 5.26 Å². The zero-order chi connectivity index (χ0) is 19.4. The van der Waals surface area contributed by atoms with Crippen molar-refractivity contribution in [2.75, 3.05) is 0 Å². The highest BCUT2D eigenvalue weighted by molar-refractivity contribution is 9.10. The van der Waals surface area contributed by atoms with Crippen LogP contribution in [0.2, 0.25) is 5.15 Å². The summed E-state index contributed by atoms with van der Waals surface area (Å²) < 4.78 is 5.12. The molecule has 1 aliphatic heterocycles. The van der Waals surface area contributed by atoms with Gasteiger partial charge < -0.3 is 4.57 Å². The Morgan fingerprint density at radius 2 is 2.14 bits per heavy atom. The Bertz CT molecular complexity index is 1220. The highest BCUT2D eigenvalue weighted by Gasteiger charge is 2.28. The Balaban J connectivity index is 1.72. The maximum absolute atomic E-state index is 9.19. The van der Waals surface area contributed by atoms with Gasteiger partial charge >= 0.3 is 0 Å². The molecule has 0 amide bonds. The largest absolute Gasteiger partial charge is 0.324 e. The highest BCUT2D eigenvalue weighted by atomic mass is 79.9. The first-order valence-electron chi connectivity index (χ1n) is 8.96. The first kappa shape index (κ1) is 17.5. The quantitative estimate of drug-likeness (QED) is 0.389. The number of benzene rings is 1. The van der Waals surface area contributed by atoms with E-state index in [1.54, 1.807) is 6.33 Å². The van der Waals surface area contributed by atoms with Crippen molar-refractivity contribution in [3.63, 3.8) is 0 Å². The van der Waals surface area contributed by atoms with Crippen LogP contribution in [0.15, 0.2) is 52.8 Å². The lowest BCUT2D eigenvalue weighted by Crippen LogP contribution is -2.05. The van der Waals surface area contributed by atoms with Crippen LogP contribution in [0, 0.1) is 17.2 Å². The highest BCUT2D eigenvalue weighted by Crippen LogP contribution is 2.41. The van der Waals surface area contributed by atoms with Crippen LogP contribution in [-0.2, 0) is 6.54 Å². The number of allylic oxidation sites excluding steroid dienone is 4. The molecule has 2 aliphatic rings. The van der Waals surface area contributed by atoms with Gasteiger partial charge in [-0.15, -0.1) is 10.2 Å². The van der Waals surface area contributed by atoms with Crippen LogP contribution in [0.4, 0.5) is 0 Å². The zero-order valence-electron chi connectivity index (χ0n) is 15.0. The van der Waals surface area contributed by atoms with Crippen molar-refractivity contribution < 1.29 is 0 Å². The molecule has 1 aromatic carbocycles. The van der Waals surface area contributed by atoms with Gasteiger partial charge in [0.05, 0.1) is 24.0 Å². The van der Waals surface area contributed by atoms with Crippen molar-refractivity contribution in [3.05, 3.63) is 69.1 Å². The summed E-state index contributed by atoms with van der Waals surface area (Å²) in [6, 6.07) is 10.5. The number of hydrogen-bond donors (Lipinski definition) is 0. The molecule has 0 N–H and O–H groups in total. The number of fused-ring (bicyclic) bond motifs is 5. The van der Waals surface area contributed by atoms with Crippen molar-refractivity contribution in [3.8, 4) is 23.3 Å². The van der Waals surface area contributed by atoms with Crippen molar-refractivity contribution in [1.82, 2.24) is 19.3 Å². The molecule has 1 aliphatic carbocycles. The van der Waals surface area contributed by atoms with Gasteiger partial charge in [0.15, 0.2) is 5.82 Å². The van der Waals surface area contributed by atoms with Crippen molar-refractivity contribution in [2.45, 2.75) is 19.9 Å². The summed E-state index contributed by atoms with van der Waals surface area (Å²) in [7, 11) is 0. The molecule has 138 valence electrons. The summed E-state index contributed by atoms with van der Waals surface area (Å²) in [4.78, 5) is 0. The molecule has 5 nitrogen and oxygen atoms in total. The van der Waals surface area contributed by atoms with Gasteiger partial charge in [0.1, 0.15) is 11.5 Å². The third-order valence-corrected chi connectivity index (χ3v) is 6.31. The molecule has 0 bridgehead atoms. The Morgan fingerprint density at radius 1 is 1.29 bits per heavy atom. The molecule has 3 heterocycles. The molecule has 0 saturated carbocycles. The van der Waals surface area contributed by atoms with Crippen LogP contribution in [0.5, 0.6) is 0 Å². The third-order valence-electron chi connectivity index (χ3n) is 5.41. The van der Waals surface area contributed by atoms with Gasteiger partial charge in [-0.2, -0.15) is 5.26 Å². The fraction of sp³-hybridized carbons (Fsp3) is 0.190. The molecule has 1 unspecified atom stereocenters. The summed E-state index contributed by atoms with van der Waals surface area (Å²) in [5, 5.41) is 18.4. The first-order chi connectivity index (χ1) is 13.6. The number of nitriles is 1. The monoisotopic (exact) mass is 451 g/mol. The molecule has 0 saturated heterocycles. The molecule has 28 heavy (non-hydrogen) atoms. The molecule has 2 aromatic heterocycles. The average Bonchev–Trinajstić information content (AvgIpc) is 3.25. The first-order valence-corrected chi connectivity index (χ1v) is 10.1. The third kappa shape index (κ3) is 2.58. The Labute approximate surface area is 175 Å². The number of aromatic nitrogens is 4. The molecule has 0 fully saturated rings. The number of hydrogen-bond acceptors (Lipinski definition) is 3. The van der Waals surface area contributed by atoms with Crippen molar-refractivity contribution in [1.29, 1.82) is 5.26 Å². The number of rotatable bonds is 1. The fourth-order valence-corrected chi connectivity index (χ4v) is 4.76. The van der Waals surface area contributed by atoms with Gasteiger partial charge in [-0.3, -0.25) is 4.57 Å². The van der Waals surface area contributed by atoms with Gasteiger partial charge in [0, 0.05) is 15.6 Å². The summed E-state index contributed by atoms with van der Waals surface area (Å²) in [6.45, 7) is 2.78. The predicted molar refractivity (Wildman–Crippen MR) is 112 cm³/mol. The predicted octanol–water partition coefficient (Wildman–Crippen LogP) is 5.39. The summed E-state index contributed by atoms with van der Waals surface area (Å²) in [5.41, 5.74) is 6.06. The molecular formula is C21H15BrClN5. The van der Waals surface area contributed by atoms with Gasteiger partial charge in [0.2, 0.25) is 0 Å². The topological polar surface area (TPSA) is 59.4 Å². The Kier molecular flexibility index (Phi) is 4.04. The van der Waals surface area contributed by atoms with Gasteiger partial charge in [-0.25, -0.2) is 0 Å². The van der Waals surface area contributed by atoms with Crippen molar-refractivity contribution in [2.24, 2.45) is 5.92 Å². The van der Waals surface area contributed by atoms with E-state index >= 15 is 0 Å². The standard InChI is InChI=1S/C21H15BrClN5/c1-12-6-13(9-24)2-4-16(12)17-8-19-21-26-25-11-28(21)18-5-3-15(22)7-14(18)10-27(19)20(17)23/h2-5,7-8,11-12H,6,10H2,1H3. The summed E-state index contributed by atoms with van der Waals surface area (Å²) >= 11 is 10.5. The van der Waals surface area contributed by atoms with E-state index in [1.165, 1.54) is 0 Å². The van der Waals surface area contributed by atoms with E-state index < -0.39 is 0 Å². The molecule has 3 aromatic rings. The maximum Gasteiger partial charge on any atom is 0.185 e. The molecule has 5 rings (SSSR count). The normalized spacial score (nSPS) is 17.6. The molecular weight excluding hydrogens is 438 g/mol. The number of halogens is 2. The second-order valence-corrected chi connectivity index (χ2v) is 8.42. The lowest BCUT2D eigenvalue weighted by Gasteiger charge is -2.19. The van der Waals surface area contributed by atoms with E-state index in [-0.39, 0.29) is 5.92 Å². The van der Waals surface area contributed by atoms with Crippen LogP contribution >= 0.6 is 27.5 Å². The maximum atomic E-state index is 9.19. The van der Waals surface area contributed by atoms with Crippen LogP contribution in [0.1, 0.15) is 24.5 Å². The van der Waals surface area contributed by atoms with E-state index in [1.807, 2.05) is 22.8 Å². The lowest BCUT2D eigenvalue weighted by atomic mass is 9.86. The molecule has 0 spiro atoms.